The number of rotatable bonds is 3. The largest absolute Gasteiger partial charge is 0.449 e. The van der Waals surface area contributed by atoms with Gasteiger partial charge in [-0.15, -0.1) is 0 Å². The summed E-state index contributed by atoms with van der Waals surface area (Å²) in [4.78, 5) is 25.1. The third-order valence-electron chi connectivity index (χ3n) is 2.98. The molecule has 1 aliphatic carbocycles. The van der Waals surface area contributed by atoms with Crippen LogP contribution in [0.2, 0.25) is 0 Å². The standard InChI is InChI=1S/C15H17NO4/c1-3-19-14(17)16(15(18)20-4-2)13-10-9-11-7-5-6-8-12(11)13/h5-10,13H,3-4H2,1-2H3. The molecule has 0 saturated carbocycles. The number of ether oxygens (including phenoxy) is 2. The fraction of sp³-hybridized carbons (Fsp3) is 0.333. The van der Waals surface area contributed by atoms with Crippen LogP contribution >= 0.6 is 0 Å². The molecule has 0 spiro atoms. The summed E-state index contributed by atoms with van der Waals surface area (Å²) in [7, 11) is 0. The predicted molar refractivity (Wildman–Crippen MR) is 74.1 cm³/mol. The van der Waals surface area contributed by atoms with Gasteiger partial charge >= 0.3 is 12.2 Å². The fourth-order valence-corrected chi connectivity index (χ4v) is 2.14. The Morgan fingerprint density at radius 1 is 1.10 bits per heavy atom. The molecular formula is C15H17NO4. The zero-order valence-corrected chi connectivity index (χ0v) is 11.5. The first-order valence-corrected chi connectivity index (χ1v) is 6.58. The van der Waals surface area contributed by atoms with Crippen LogP contribution in [0.4, 0.5) is 9.59 Å². The van der Waals surface area contributed by atoms with Crippen LogP contribution in [0.5, 0.6) is 0 Å². The van der Waals surface area contributed by atoms with Gasteiger partial charge in [0.15, 0.2) is 0 Å². The molecule has 1 unspecified atom stereocenters. The van der Waals surface area contributed by atoms with Gasteiger partial charge in [0.25, 0.3) is 0 Å². The van der Waals surface area contributed by atoms with E-state index in [0.29, 0.717) is 0 Å². The lowest BCUT2D eigenvalue weighted by Gasteiger charge is -2.25. The van der Waals surface area contributed by atoms with E-state index >= 15 is 0 Å². The van der Waals surface area contributed by atoms with Crippen molar-refractivity contribution in [2.75, 3.05) is 13.2 Å². The number of fused-ring (bicyclic) bond motifs is 1. The summed E-state index contributed by atoms with van der Waals surface area (Å²) in [6.45, 7) is 3.79. The third-order valence-corrected chi connectivity index (χ3v) is 2.98. The van der Waals surface area contributed by atoms with Gasteiger partial charge in [0, 0.05) is 0 Å². The first kappa shape index (κ1) is 14.1. The minimum absolute atomic E-state index is 0.201. The van der Waals surface area contributed by atoms with Crippen LogP contribution in [-0.2, 0) is 9.47 Å². The molecule has 20 heavy (non-hydrogen) atoms. The molecule has 1 atom stereocenters. The number of nitrogens with zero attached hydrogens (tertiary/aromatic N) is 1. The molecule has 0 bridgehead atoms. The van der Waals surface area contributed by atoms with E-state index in [-0.39, 0.29) is 13.2 Å². The van der Waals surface area contributed by atoms with Crippen molar-refractivity contribution in [1.29, 1.82) is 0 Å². The highest BCUT2D eigenvalue weighted by molar-refractivity contribution is 5.89. The highest BCUT2D eigenvalue weighted by Crippen LogP contribution is 2.33. The maximum atomic E-state index is 12.0. The van der Waals surface area contributed by atoms with Crippen LogP contribution in [0.25, 0.3) is 6.08 Å². The first-order valence-electron chi connectivity index (χ1n) is 6.58. The summed E-state index contributed by atoms with van der Waals surface area (Å²) in [5.41, 5.74) is 1.87. The van der Waals surface area contributed by atoms with Crippen molar-refractivity contribution in [2.45, 2.75) is 19.9 Å². The second kappa shape index (κ2) is 6.23. The summed E-state index contributed by atoms with van der Waals surface area (Å²) in [5, 5.41) is 0. The zero-order valence-electron chi connectivity index (χ0n) is 11.5. The van der Waals surface area contributed by atoms with Gasteiger partial charge in [-0.3, -0.25) is 0 Å². The first-order chi connectivity index (χ1) is 9.69. The van der Waals surface area contributed by atoms with Crippen molar-refractivity contribution in [2.24, 2.45) is 0 Å². The quantitative estimate of drug-likeness (QED) is 0.848. The van der Waals surface area contributed by atoms with E-state index in [9.17, 15) is 9.59 Å². The fourth-order valence-electron chi connectivity index (χ4n) is 2.14. The van der Waals surface area contributed by atoms with Gasteiger partial charge in [0.05, 0.1) is 19.3 Å². The van der Waals surface area contributed by atoms with E-state index in [4.69, 9.17) is 9.47 Å². The zero-order chi connectivity index (χ0) is 14.5. The Morgan fingerprint density at radius 3 is 2.30 bits per heavy atom. The summed E-state index contributed by atoms with van der Waals surface area (Å²) in [6, 6.07) is 7.10. The van der Waals surface area contributed by atoms with E-state index in [2.05, 4.69) is 0 Å². The minimum atomic E-state index is -0.697. The number of imide groups is 1. The highest BCUT2D eigenvalue weighted by atomic mass is 16.6. The summed E-state index contributed by atoms with van der Waals surface area (Å²) >= 11 is 0. The second-order valence-corrected chi connectivity index (χ2v) is 4.20. The topological polar surface area (TPSA) is 55.8 Å². The van der Waals surface area contributed by atoms with E-state index in [0.717, 1.165) is 16.0 Å². The van der Waals surface area contributed by atoms with Crippen LogP contribution in [0.15, 0.2) is 30.3 Å². The second-order valence-electron chi connectivity index (χ2n) is 4.20. The van der Waals surface area contributed by atoms with Gasteiger partial charge in [-0.2, -0.15) is 0 Å². The molecule has 0 radical (unpaired) electrons. The third kappa shape index (κ3) is 2.66. The maximum absolute atomic E-state index is 12.0. The monoisotopic (exact) mass is 275 g/mol. The highest BCUT2D eigenvalue weighted by Gasteiger charge is 2.34. The molecule has 5 heteroatoms. The number of hydrogen-bond acceptors (Lipinski definition) is 4. The molecular weight excluding hydrogens is 258 g/mol. The van der Waals surface area contributed by atoms with Gasteiger partial charge in [-0.25, -0.2) is 14.5 Å². The van der Waals surface area contributed by atoms with Crippen molar-refractivity contribution in [3.8, 4) is 0 Å². The molecule has 0 saturated heterocycles. The van der Waals surface area contributed by atoms with E-state index in [1.807, 2.05) is 30.3 Å². The SMILES string of the molecule is CCOC(=O)N(C(=O)OCC)C1C=Cc2ccccc21. The molecule has 0 heterocycles. The number of carbonyl (C=O) groups excluding carboxylic acids is 2. The van der Waals surface area contributed by atoms with Gasteiger partial charge < -0.3 is 9.47 Å². The van der Waals surface area contributed by atoms with Crippen molar-refractivity contribution < 1.29 is 19.1 Å². The molecule has 1 aliphatic rings. The van der Waals surface area contributed by atoms with Gasteiger partial charge in [0.2, 0.25) is 0 Å². The molecule has 5 nitrogen and oxygen atoms in total. The van der Waals surface area contributed by atoms with Crippen LogP contribution in [0, 0.1) is 0 Å². The van der Waals surface area contributed by atoms with Crippen molar-refractivity contribution in [3.63, 3.8) is 0 Å². The Balaban J connectivity index is 2.31. The molecule has 106 valence electrons. The summed E-state index contributed by atoms with van der Waals surface area (Å²) in [6.07, 6.45) is 2.28. The smallest absolute Gasteiger partial charge is 0.420 e. The number of amides is 2. The lowest BCUT2D eigenvalue weighted by Crippen LogP contribution is -2.39. The van der Waals surface area contributed by atoms with Gasteiger partial charge in [-0.1, -0.05) is 36.4 Å². The molecule has 1 aromatic carbocycles. The van der Waals surface area contributed by atoms with Gasteiger partial charge in [-0.05, 0) is 25.0 Å². The van der Waals surface area contributed by atoms with E-state index in [1.54, 1.807) is 19.9 Å². The van der Waals surface area contributed by atoms with Crippen LogP contribution in [0.1, 0.15) is 31.0 Å². The molecule has 1 aromatic rings. The lowest BCUT2D eigenvalue weighted by molar-refractivity contribution is 0.0734. The summed E-state index contributed by atoms with van der Waals surface area (Å²) < 4.78 is 9.90. The molecule has 0 fully saturated rings. The molecule has 2 rings (SSSR count). The average molecular weight is 275 g/mol. The Kier molecular flexibility index (Phi) is 4.40. The molecule has 2 amide bonds. The molecule has 0 aromatic heterocycles. The minimum Gasteiger partial charge on any atom is -0.449 e. The Bertz CT molecular complexity index is 520. The number of carbonyl (C=O) groups is 2. The Morgan fingerprint density at radius 2 is 1.70 bits per heavy atom. The number of benzene rings is 1. The normalized spacial score (nSPS) is 15.6. The Labute approximate surface area is 117 Å². The van der Waals surface area contributed by atoms with E-state index in [1.165, 1.54) is 0 Å². The number of hydrogen-bond donors (Lipinski definition) is 0. The van der Waals surface area contributed by atoms with Gasteiger partial charge in [0.1, 0.15) is 0 Å². The van der Waals surface area contributed by atoms with Crippen LogP contribution in [-0.4, -0.2) is 30.3 Å². The molecule has 0 N–H and O–H groups in total. The molecule has 0 aliphatic heterocycles. The summed E-state index contributed by atoms with van der Waals surface area (Å²) in [5.74, 6) is 0. The van der Waals surface area contributed by atoms with E-state index < -0.39 is 18.2 Å². The maximum Gasteiger partial charge on any atom is 0.420 e. The Hall–Kier alpha value is -2.30. The van der Waals surface area contributed by atoms with Crippen molar-refractivity contribution in [3.05, 3.63) is 41.5 Å². The average Bonchev–Trinajstić information content (AvgIpc) is 2.84. The predicted octanol–water partition coefficient (Wildman–Crippen LogP) is 3.37. The van der Waals surface area contributed by atoms with Crippen LogP contribution < -0.4 is 0 Å². The van der Waals surface area contributed by atoms with Crippen molar-refractivity contribution in [1.82, 2.24) is 4.90 Å². The van der Waals surface area contributed by atoms with Crippen LogP contribution in [0.3, 0.4) is 0 Å². The lowest BCUT2D eigenvalue weighted by atomic mass is 10.1. The van der Waals surface area contributed by atoms with Crippen molar-refractivity contribution >= 4 is 18.3 Å².